The number of carbonyl (C=O) groups is 1. The summed E-state index contributed by atoms with van der Waals surface area (Å²) in [6.45, 7) is 0. The second-order valence-electron chi connectivity index (χ2n) is 4.50. The number of allylic oxidation sites excluding steroid dienone is 1. The molecule has 1 aromatic carbocycles. The number of rotatable bonds is 3. The van der Waals surface area contributed by atoms with Crippen molar-refractivity contribution in [1.82, 2.24) is 9.71 Å². The number of aromatic nitrogens is 1. The van der Waals surface area contributed by atoms with Gasteiger partial charge in [-0.05, 0) is 6.08 Å². The first-order valence-electron chi connectivity index (χ1n) is 6.43. The van der Waals surface area contributed by atoms with Crippen molar-refractivity contribution in [2.24, 2.45) is 4.40 Å². The van der Waals surface area contributed by atoms with Crippen LogP contribution in [0.1, 0.15) is 4.88 Å². The maximum absolute atomic E-state index is 11.8. The Morgan fingerprint density at radius 1 is 1.26 bits per heavy atom. The summed E-state index contributed by atoms with van der Waals surface area (Å²) in [7, 11) is -2.82. The van der Waals surface area contributed by atoms with Crippen LogP contribution in [0.25, 0.3) is 10.6 Å². The lowest BCUT2D eigenvalue weighted by molar-refractivity contribution is -0.136. The zero-order valence-electron chi connectivity index (χ0n) is 11.9. The monoisotopic (exact) mass is 349 g/mol. The van der Waals surface area contributed by atoms with E-state index in [2.05, 4.69) is 14.1 Å². The normalized spacial score (nSPS) is 16.0. The molecule has 0 spiro atoms. The molecule has 0 fully saturated rings. The van der Waals surface area contributed by atoms with Crippen molar-refractivity contribution in [1.29, 1.82) is 0 Å². The average molecular weight is 349 g/mol. The zero-order valence-corrected chi connectivity index (χ0v) is 13.5. The number of esters is 1. The number of nitrogens with one attached hydrogen (secondary N) is 1. The number of benzene rings is 1. The van der Waals surface area contributed by atoms with Crippen LogP contribution in [0.15, 0.2) is 52.7 Å². The van der Waals surface area contributed by atoms with Gasteiger partial charge in [0.05, 0.1) is 17.7 Å². The van der Waals surface area contributed by atoms with Crippen molar-refractivity contribution in [3.05, 3.63) is 53.2 Å². The lowest BCUT2D eigenvalue weighted by Crippen LogP contribution is -2.31. The molecule has 1 aliphatic rings. The number of hydrogen-bond acceptors (Lipinski definition) is 6. The Kier molecular flexibility index (Phi) is 3.97. The maximum atomic E-state index is 11.8. The predicted octanol–water partition coefficient (Wildman–Crippen LogP) is 1.50. The van der Waals surface area contributed by atoms with Crippen LogP contribution in [-0.4, -0.2) is 32.2 Å². The van der Waals surface area contributed by atoms with Crippen molar-refractivity contribution >= 4 is 33.2 Å². The van der Waals surface area contributed by atoms with Crippen molar-refractivity contribution in [3.63, 3.8) is 0 Å². The van der Waals surface area contributed by atoms with Gasteiger partial charge in [-0.15, -0.1) is 15.7 Å². The number of carbonyl (C=O) groups excluding carboxylic acids is 1. The molecule has 0 saturated carbocycles. The topological polar surface area (TPSA) is 97.7 Å². The number of ether oxygens (including phenoxy) is 1. The van der Waals surface area contributed by atoms with Gasteiger partial charge in [0.25, 0.3) is 0 Å². The molecule has 118 valence electrons. The number of methoxy groups -OCH3 is 1. The highest BCUT2D eigenvalue weighted by atomic mass is 32.2. The molecule has 0 atom stereocenters. The van der Waals surface area contributed by atoms with Gasteiger partial charge in [-0.3, -0.25) is 4.72 Å². The third kappa shape index (κ3) is 3.30. The molecule has 0 radical (unpaired) electrons. The Hall–Kier alpha value is -2.52. The van der Waals surface area contributed by atoms with E-state index in [1.165, 1.54) is 30.7 Å². The smallest absolute Gasteiger partial charge is 0.355 e. The molecular weight excluding hydrogens is 338 g/mol. The van der Waals surface area contributed by atoms with Gasteiger partial charge in [0.2, 0.25) is 0 Å². The molecule has 1 aromatic heterocycles. The zero-order chi connectivity index (χ0) is 16.4. The van der Waals surface area contributed by atoms with Crippen LogP contribution < -0.4 is 4.72 Å². The second-order valence-corrected chi connectivity index (χ2v) is 6.87. The minimum absolute atomic E-state index is 0.142. The molecule has 0 unspecified atom stereocenters. The molecule has 9 heteroatoms. The van der Waals surface area contributed by atoms with Crippen LogP contribution in [0.4, 0.5) is 0 Å². The van der Waals surface area contributed by atoms with E-state index in [9.17, 15) is 13.2 Å². The van der Waals surface area contributed by atoms with E-state index in [0.29, 0.717) is 4.88 Å². The van der Waals surface area contributed by atoms with Gasteiger partial charge >= 0.3 is 16.2 Å². The Balaban J connectivity index is 2.01. The van der Waals surface area contributed by atoms with Crippen molar-refractivity contribution < 1.29 is 17.9 Å². The summed E-state index contributed by atoms with van der Waals surface area (Å²) in [5.41, 5.74) is 0.870. The first kappa shape index (κ1) is 15.4. The third-order valence-corrected chi connectivity index (χ3v) is 4.91. The van der Waals surface area contributed by atoms with Crippen LogP contribution in [0.5, 0.6) is 0 Å². The fourth-order valence-corrected chi connectivity index (χ4v) is 3.73. The number of nitrogens with zero attached hydrogens (tertiary/aromatic N) is 2. The molecule has 7 nitrogen and oxygen atoms in total. The van der Waals surface area contributed by atoms with E-state index in [4.69, 9.17) is 0 Å². The fraction of sp³-hybridized carbons (Fsp3) is 0.0714. The average Bonchev–Trinajstić information content (AvgIpc) is 3.03. The summed E-state index contributed by atoms with van der Waals surface area (Å²) >= 11 is 1.28. The molecule has 2 heterocycles. The van der Waals surface area contributed by atoms with Crippen molar-refractivity contribution in [2.45, 2.75) is 0 Å². The van der Waals surface area contributed by atoms with Gasteiger partial charge < -0.3 is 4.74 Å². The van der Waals surface area contributed by atoms with Gasteiger partial charge in [-0.25, -0.2) is 9.78 Å². The SMILES string of the molecule is COC(=O)C1=CC(c2cnc(-c3ccccc3)s2)=NS(=O)(=O)N1. The summed E-state index contributed by atoms with van der Waals surface area (Å²) in [5.74, 6) is -0.784. The summed E-state index contributed by atoms with van der Waals surface area (Å²) in [6, 6.07) is 9.47. The molecule has 0 aliphatic carbocycles. The Morgan fingerprint density at radius 3 is 2.70 bits per heavy atom. The lowest BCUT2D eigenvalue weighted by atomic mass is 10.2. The van der Waals surface area contributed by atoms with Crippen LogP contribution >= 0.6 is 11.3 Å². The molecule has 0 bridgehead atoms. The minimum atomic E-state index is -3.99. The van der Waals surface area contributed by atoms with Crippen LogP contribution in [0.2, 0.25) is 0 Å². The number of hydrogen-bond donors (Lipinski definition) is 1. The van der Waals surface area contributed by atoms with Crippen LogP contribution in [-0.2, 0) is 19.7 Å². The minimum Gasteiger partial charge on any atom is -0.464 e. The maximum Gasteiger partial charge on any atom is 0.355 e. The second kappa shape index (κ2) is 5.94. The molecule has 23 heavy (non-hydrogen) atoms. The molecule has 0 amide bonds. The summed E-state index contributed by atoms with van der Waals surface area (Å²) in [4.78, 5) is 16.4. The first-order valence-corrected chi connectivity index (χ1v) is 8.68. The van der Waals surface area contributed by atoms with Crippen molar-refractivity contribution in [2.75, 3.05) is 7.11 Å². The van der Waals surface area contributed by atoms with E-state index in [1.807, 2.05) is 35.1 Å². The Labute approximate surface area is 136 Å². The highest BCUT2D eigenvalue weighted by molar-refractivity contribution is 7.88. The largest absolute Gasteiger partial charge is 0.464 e. The molecular formula is C14H11N3O4S2. The van der Waals surface area contributed by atoms with Gasteiger partial charge in [-0.1, -0.05) is 30.3 Å². The summed E-state index contributed by atoms with van der Waals surface area (Å²) < 4.78 is 33.8. The number of thiazole rings is 1. The molecule has 0 saturated heterocycles. The quantitative estimate of drug-likeness (QED) is 0.847. The van der Waals surface area contributed by atoms with E-state index < -0.39 is 16.2 Å². The summed E-state index contributed by atoms with van der Waals surface area (Å²) in [5, 5.41) is 0.729. The fourth-order valence-electron chi connectivity index (χ4n) is 1.92. The van der Waals surface area contributed by atoms with Crippen LogP contribution in [0, 0.1) is 0 Å². The highest BCUT2D eigenvalue weighted by Gasteiger charge is 2.25. The van der Waals surface area contributed by atoms with Gasteiger partial charge in [0.15, 0.2) is 0 Å². The van der Waals surface area contributed by atoms with Gasteiger partial charge in [0.1, 0.15) is 10.7 Å². The van der Waals surface area contributed by atoms with Gasteiger partial charge in [-0.2, -0.15) is 8.42 Å². The van der Waals surface area contributed by atoms with E-state index >= 15 is 0 Å². The Morgan fingerprint density at radius 2 is 2.00 bits per heavy atom. The first-order chi connectivity index (χ1) is 11.0. The molecule has 3 rings (SSSR count). The lowest BCUT2D eigenvalue weighted by Gasteiger charge is -2.12. The predicted molar refractivity (Wildman–Crippen MR) is 86.2 cm³/mol. The summed E-state index contributed by atoms with van der Waals surface area (Å²) in [6.07, 6.45) is 2.85. The van der Waals surface area contributed by atoms with Crippen molar-refractivity contribution in [3.8, 4) is 10.6 Å². The molecule has 1 aliphatic heterocycles. The third-order valence-electron chi connectivity index (χ3n) is 2.92. The van der Waals surface area contributed by atoms with E-state index in [1.54, 1.807) is 0 Å². The van der Waals surface area contributed by atoms with Crippen LogP contribution in [0.3, 0.4) is 0 Å². The van der Waals surface area contributed by atoms with E-state index in [0.717, 1.165) is 10.6 Å². The molecule has 2 aromatic rings. The van der Waals surface area contributed by atoms with Gasteiger partial charge in [0, 0.05) is 11.8 Å². The highest BCUT2D eigenvalue weighted by Crippen LogP contribution is 2.26. The van der Waals surface area contributed by atoms with E-state index in [-0.39, 0.29) is 11.4 Å². The molecule has 1 N–H and O–H groups in total. The standard InChI is InChI=1S/C14H11N3O4S2/c1-21-14(18)11-7-10(16-23(19,20)17-11)12-8-15-13(22-12)9-5-3-2-4-6-9/h2-8,17H,1H3. The Bertz CT molecular complexity index is 915.